The third kappa shape index (κ3) is 51.3. The van der Waals surface area contributed by atoms with Gasteiger partial charge in [-0.2, -0.15) is 0 Å². The third-order valence-electron chi connectivity index (χ3n) is 13.0. The molecule has 6 nitrogen and oxygen atoms in total. The average molecular weight is 892 g/mol. The maximum absolute atomic E-state index is 12.8. The Hall–Kier alpha value is -1.59. The summed E-state index contributed by atoms with van der Waals surface area (Å²) in [5.41, 5.74) is 0. The monoisotopic (exact) mass is 891 g/mol. The van der Waals surface area contributed by atoms with E-state index in [1.54, 1.807) is 0 Å². The van der Waals surface area contributed by atoms with Gasteiger partial charge in [0.05, 0.1) is 0 Å². The Labute approximate surface area is 393 Å². The smallest absolute Gasteiger partial charge is 0.306 e. The van der Waals surface area contributed by atoms with Crippen LogP contribution in [0.5, 0.6) is 0 Å². The fraction of sp³-hybridized carbons (Fsp3) is 0.947. The van der Waals surface area contributed by atoms with Crippen LogP contribution in [0.15, 0.2) is 0 Å². The van der Waals surface area contributed by atoms with Crippen LogP contribution in [0.3, 0.4) is 0 Å². The van der Waals surface area contributed by atoms with Gasteiger partial charge in [-0.05, 0) is 25.2 Å². The van der Waals surface area contributed by atoms with Gasteiger partial charge in [0.15, 0.2) is 6.10 Å². The molecule has 0 saturated carbocycles. The molecule has 374 valence electrons. The maximum Gasteiger partial charge on any atom is 0.306 e. The minimum absolute atomic E-state index is 0.0619. The summed E-state index contributed by atoms with van der Waals surface area (Å²) >= 11 is 0. The van der Waals surface area contributed by atoms with E-state index in [4.69, 9.17) is 14.2 Å². The van der Waals surface area contributed by atoms with Crippen molar-refractivity contribution in [3.05, 3.63) is 0 Å². The predicted octanol–water partition coefficient (Wildman–Crippen LogP) is 18.6. The van der Waals surface area contributed by atoms with E-state index in [2.05, 4.69) is 27.7 Å². The van der Waals surface area contributed by atoms with E-state index in [9.17, 15) is 14.4 Å². The molecule has 0 aliphatic rings. The maximum atomic E-state index is 12.8. The minimum atomic E-state index is -0.761. The summed E-state index contributed by atoms with van der Waals surface area (Å²) in [6, 6.07) is 0. The van der Waals surface area contributed by atoms with E-state index in [0.29, 0.717) is 19.3 Å². The molecule has 0 saturated heterocycles. The SMILES string of the molecule is CCCCCCCCCCCCCCCCCC(=O)O[C@@H](COC(=O)CCCCCCCCCCCCC)COC(=O)CCCCCCCCCCCCCCCCCCC(C)C. The summed E-state index contributed by atoms with van der Waals surface area (Å²) in [6.45, 7) is 9.06. The van der Waals surface area contributed by atoms with Crippen LogP contribution in [0.25, 0.3) is 0 Å². The van der Waals surface area contributed by atoms with E-state index in [0.717, 1.165) is 63.7 Å². The molecule has 63 heavy (non-hydrogen) atoms. The lowest BCUT2D eigenvalue weighted by atomic mass is 10.0. The molecule has 0 aliphatic heterocycles. The second-order valence-electron chi connectivity index (χ2n) is 20.1. The molecule has 1 atom stereocenters. The Balaban J connectivity index is 4.25. The fourth-order valence-electron chi connectivity index (χ4n) is 8.75. The van der Waals surface area contributed by atoms with Gasteiger partial charge in [-0.1, -0.05) is 285 Å². The Morgan fingerprint density at radius 2 is 0.524 bits per heavy atom. The first-order chi connectivity index (χ1) is 30.9. The fourth-order valence-corrected chi connectivity index (χ4v) is 8.75. The molecule has 0 rings (SSSR count). The molecule has 0 aromatic carbocycles. The van der Waals surface area contributed by atoms with Gasteiger partial charge in [0.1, 0.15) is 13.2 Å². The zero-order chi connectivity index (χ0) is 45.9. The highest BCUT2D eigenvalue weighted by atomic mass is 16.6. The molecule has 0 amide bonds. The highest BCUT2D eigenvalue weighted by Gasteiger charge is 2.19. The van der Waals surface area contributed by atoms with Gasteiger partial charge in [0.25, 0.3) is 0 Å². The van der Waals surface area contributed by atoms with Crippen LogP contribution in [-0.2, 0) is 28.6 Å². The summed E-state index contributed by atoms with van der Waals surface area (Å²) < 4.78 is 16.9. The van der Waals surface area contributed by atoms with Crippen LogP contribution in [0, 0.1) is 5.92 Å². The average Bonchev–Trinajstić information content (AvgIpc) is 3.27. The largest absolute Gasteiger partial charge is 0.462 e. The van der Waals surface area contributed by atoms with Crippen molar-refractivity contribution in [1.29, 1.82) is 0 Å². The van der Waals surface area contributed by atoms with E-state index >= 15 is 0 Å². The lowest BCUT2D eigenvalue weighted by molar-refractivity contribution is -0.167. The van der Waals surface area contributed by atoms with Crippen LogP contribution in [-0.4, -0.2) is 37.2 Å². The lowest BCUT2D eigenvalue weighted by Gasteiger charge is -2.18. The second-order valence-corrected chi connectivity index (χ2v) is 20.1. The van der Waals surface area contributed by atoms with Crippen molar-refractivity contribution in [2.24, 2.45) is 5.92 Å². The second kappa shape index (κ2) is 51.4. The number of ether oxygens (including phenoxy) is 3. The quantitative estimate of drug-likeness (QED) is 0.0344. The van der Waals surface area contributed by atoms with Crippen LogP contribution in [0.2, 0.25) is 0 Å². The van der Waals surface area contributed by atoms with Gasteiger partial charge < -0.3 is 14.2 Å². The zero-order valence-electron chi connectivity index (χ0n) is 43.0. The normalized spacial score (nSPS) is 12.0. The van der Waals surface area contributed by atoms with Crippen molar-refractivity contribution in [2.45, 2.75) is 329 Å². The number of rotatable bonds is 52. The van der Waals surface area contributed by atoms with Crippen molar-refractivity contribution in [2.75, 3.05) is 13.2 Å². The van der Waals surface area contributed by atoms with Crippen LogP contribution in [0.1, 0.15) is 323 Å². The Bertz CT molecular complexity index is 949. The van der Waals surface area contributed by atoms with Gasteiger partial charge in [0, 0.05) is 19.3 Å². The van der Waals surface area contributed by atoms with Gasteiger partial charge in [0.2, 0.25) is 0 Å². The first kappa shape index (κ1) is 61.4. The number of carbonyl (C=O) groups is 3. The molecule has 6 heteroatoms. The van der Waals surface area contributed by atoms with Gasteiger partial charge in [-0.15, -0.1) is 0 Å². The molecule has 0 heterocycles. The number of hydrogen-bond donors (Lipinski definition) is 0. The van der Waals surface area contributed by atoms with E-state index in [1.807, 2.05) is 0 Å². The molecule has 0 N–H and O–H groups in total. The summed E-state index contributed by atoms with van der Waals surface area (Å²) in [5, 5.41) is 0. The molecule has 0 fully saturated rings. The van der Waals surface area contributed by atoms with Gasteiger partial charge in [-0.3, -0.25) is 14.4 Å². The van der Waals surface area contributed by atoms with E-state index < -0.39 is 6.10 Å². The molecular formula is C57H110O6. The molecule has 0 unspecified atom stereocenters. The first-order valence-corrected chi connectivity index (χ1v) is 28.4. The van der Waals surface area contributed by atoms with Crippen molar-refractivity contribution >= 4 is 17.9 Å². The zero-order valence-corrected chi connectivity index (χ0v) is 43.0. The molecule has 0 aromatic rings. The number of carbonyl (C=O) groups excluding carboxylic acids is 3. The molecule has 0 aromatic heterocycles. The van der Waals surface area contributed by atoms with E-state index in [1.165, 1.54) is 218 Å². The molecule has 0 radical (unpaired) electrons. The minimum Gasteiger partial charge on any atom is -0.462 e. The van der Waals surface area contributed by atoms with Gasteiger partial charge >= 0.3 is 17.9 Å². The van der Waals surface area contributed by atoms with Crippen LogP contribution < -0.4 is 0 Å². The summed E-state index contributed by atoms with van der Waals surface area (Å²) in [6.07, 6.45) is 55.2. The number of hydrogen-bond acceptors (Lipinski definition) is 6. The lowest BCUT2D eigenvalue weighted by Crippen LogP contribution is -2.30. The van der Waals surface area contributed by atoms with Crippen LogP contribution in [0.4, 0.5) is 0 Å². The molecule has 0 spiro atoms. The third-order valence-corrected chi connectivity index (χ3v) is 13.0. The van der Waals surface area contributed by atoms with Crippen molar-refractivity contribution in [1.82, 2.24) is 0 Å². The number of esters is 3. The van der Waals surface area contributed by atoms with E-state index in [-0.39, 0.29) is 31.1 Å². The highest BCUT2D eigenvalue weighted by Crippen LogP contribution is 2.18. The number of unbranched alkanes of at least 4 members (excludes halogenated alkanes) is 39. The Morgan fingerprint density at radius 3 is 0.778 bits per heavy atom. The Morgan fingerprint density at radius 1 is 0.302 bits per heavy atom. The molecule has 0 bridgehead atoms. The summed E-state index contributed by atoms with van der Waals surface area (Å²) in [7, 11) is 0. The molecular weight excluding hydrogens is 781 g/mol. The van der Waals surface area contributed by atoms with Crippen LogP contribution >= 0.6 is 0 Å². The first-order valence-electron chi connectivity index (χ1n) is 28.4. The van der Waals surface area contributed by atoms with Crippen molar-refractivity contribution < 1.29 is 28.6 Å². The highest BCUT2D eigenvalue weighted by molar-refractivity contribution is 5.71. The molecule has 0 aliphatic carbocycles. The topological polar surface area (TPSA) is 78.9 Å². The Kier molecular flexibility index (Phi) is 50.1. The van der Waals surface area contributed by atoms with Gasteiger partial charge in [-0.25, -0.2) is 0 Å². The standard InChI is InChI=1S/C57H110O6/c1-5-7-9-11-13-15-17-18-21-26-30-34-38-42-46-50-57(60)63-54(51-61-55(58)48-44-40-36-32-27-16-14-12-10-8-6-2)52-62-56(59)49-45-41-37-33-29-25-23-20-19-22-24-28-31-35-39-43-47-53(3)4/h53-54H,5-52H2,1-4H3/t54-/m0/s1. The van der Waals surface area contributed by atoms with Crippen molar-refractivity contribution in [3.63, 3.8) is 0 Å². The summed E-state index contributed by atoms with van der Waals surface area (Å²) in [5.74, 6) is 0.0156. The summed E-state index contributed by atoms with van der Waals surface area (Å²) in [4.78, 5) is 38.0. The predicted molar refractivity (Wildman–Crippen MR) is 270 cm³/mol. The van der Waals surface area contributed by atoms with Crippen molar-refractivity contribution in [3.8, 4) is 0 Å².